The first-order chi connectivity index (χ1) is 11.5. The normalized spacial score (nSPS) is 16.1. The Morgan fingerprint density at radius 2 is 1.92 bits per heavy atom. The molecule has 2 aromatic rings. The Bertz CT molecular complexity index is 794. The number of phenols is 1. The number of Topliss-reactive ketones (excluding diaryl/α,β-unsaturated/α-hetero) is 1. The van der Waals surface area contributed by atoms with E-state index in [9.17, 15) is 14.7 Å². The molecule has 6 heteroatoms. The Morgan fingerprint density at radius 1 is 1.21 bits per heavy atom. The van der Waals surface area contributed by atoms with Gasteiger partial charge in [-0.1, -0.05) is 12.1 Å². The third kappa shape index (κ3) is 2.90. The first kappa shape index (κ1) is 15.9. The lowest BCUT2D eigenvalue weighted by atomic mass is 9.95. The molecule has 124 valence electrons. The van der Waals surface area contributed by atoms with Crippen LogP contribution in [0.5, 0.6) is 23.0 Å². The number of carbonyl (C=O) groups excluding carboxylic acids is 2. The standard InChI is InChI=1S/C18H16O6/c1-10(19)23-18-13(20)7-8-15-17(18)14(21)9-16(24-15)11-3-5-12(22-2)6-4-11/h3-8,16,20H,9H2,1-2H3. The molecule has 2 aromatic carbocycles. The Labute approximate surface area is 138 Å². The van der Waals surface area contributed by atoms with Crippen LogP contribution < -0.4 is 14.2 Å². The molecular formula is C18H16O6. The summed E-state index contributed by atoms with van der Waals surface area (Å²) in [5.41, 5.74) is 0.923. The second-order valence-electron chi connectivity index (χ2n) is 5.39. The van der Waals surface area contributed by atoms with Crippen LogP contribution in [0.4, 0.5) is 0 Å². The van der Waals surface area contributed by atoms with Gasteiger partial charge in [0.05, 0.1) is 13.5 Å². The van der Waals surface area contributed by atoms with Gasteiger partial charge in [-0.3, -0.25) is 9.59 Å². The van der Waals surface area contributed by atoms with Crippen LogP contribution in [0.1, 0.15) is 35.4 Å². The fourth-order valence-electron chi connectivity index (χ4n) is 2.63. The highest BCUT2D eigenvalue weighted by atomic mass is 16.5. The van der Waals surface area contributed by atoms with Gasteiger partial charge >= 0.3 is 5.97 Å². The number of carbonyl (C=O) groups is 2. The first-order valence-corrected chi connectivity index (χ1v) is 7.37. The minimum Gasteiger partial charge on any atom is -0.504 e. The second-order valence-corrected chi connectivity index (χ2v) is 5.39. The van der Waals surface area contributed by atoms with E-state index in [1.165, 1.54) is 19.1 Å². The molecule has 0 spiro atoms. The van der Waals surface area contributed by atoms with Crippen molar-refractivity contribution in [3.8, 4) is 23.0 Å². The summed E-state index contributed by atoms with van der Waals surface area (Å²) in [6, 6.07) is 10.1. The van der Waals surface area contributed by atoms with Crippen molar-refractivity contribution in [1.82, 2.24) is 0 Å². The van der Waals surface area contributed by atoms with Crippen LogP contribution in [0.3, 0.4) is 0 Å². The lowest BCUT2D eigenvalue weighted by molar-refractivity contribution is -0.132. The van der Waals surface area contributed by atoms with Crippen molar-refractivity contribution in [1.29, 1.82) is 0 Å². The summed E-state index contributed by atoms with van der Waals surface area (Å²) in [6.07, 6.45) is -0.373. The number of hydrogen-bond acceptors (Lipinski definition) is 6. The smallest absolute Gasteiger partial charge is 0.308 e. The van der Waals surface area contributed by atoms with E-state index >= 15 is 0 Å². The number of ether oxygens (including phenoxy) is 3. The van der Waals surface area contributed by atoms with E-state index in [-0.39, 0.29) is 35.0 Å². The average molecular weight is 328 g/mol. The summed E-state index contributed by atoms with van der Waals surface area (Å²) in [5, 5.41) is 9.87. The van der Waals surface area contributed by atoms with Gasteiger partial charge in [-0.25, -0.2) is 0 Å². The van der Waals surface area contributed by atoms with Crippen molar-refractivity contribution in [2.45, 2.75) is 19.4 Å². The zero-order valence-corrected chi connectivity index (χ0v) is 13.2. The lowest BCUT2D eigenvalue weighted by Crippen LogP contribution is -2.21. The van der Waals surface area contributed by atoms with E-state index in [2.05, 4.69) is 0 Å². The minimum atomic E-state index is -0.622. The average Bonchev–Trinajstić information content (AvgIpc) is 2.57. The Kier molecular flexibility index (Phi) is 4.12. The van der Waals surface area contributed by atoms with Gasteiger partial charge in [0, 0.05) is 6.92 Å². The monoisotopic (exact) mass is 328 g/mol. The van der Waals surface area contributed by atoms with Gasteiger partial charge in [0.1, 0.15) is 23.2 Å². The maximum absolute atomic E-state index is 12.5. The Hall–Kier alpha value is -3.02. The SMILES string of the molecule is COc1ccc(C2CC(=O)c3c(ccc(O)c3OC(C)=O)O2)cc1. The first-order valence-electron chi connectivity index (χ1n) is 7.37. The molecule has 1 aliphatic heterocycles. The molecule has 0 saturated carbocycles. The van der Waals surface area contributed by atoms with E-state index < -0.39 is 12.1 Å². The quantitative estimate of drug-likeness (QED) is 0.689. The van der Waals surface area contributed by atoms with Crippen LogP contribution in [-0.2, 0) is 4.79 Å². The summed E-state index contributed by atoms with van der Waals surface area (Å²) in [4.78, 5) is 23.7. The number of benzene rings is 2. The van der Waals surface area contributed by atoms with Gasteiger partial charge in [0.2, 0.25) is 0 Å². The summed E-state index contributed by atoms with van der Waals surface area (Å²) in [7, 11) is 1.58. The Morgan fingerprint density at radius 3 is 2.54 bits per heavy atom. The molecule has 1 atom stereocenters. The largest absolute Gasteiger partial charge is 0.504 e. The summed E-state index contributed by atoms with van der Waals surface area (Å²) in [6.45, 7) is 1.20. The Balaban J connectivity index is 1.96. The van der Waals surface area contributed by atoms with Gasteiger partial charge in [0.25, 0.3) is 0 Å². The topological polar surface area (TPSA) is 82.1 Å². The predicted octanol–water partition coefficient (Wildman–Crippen LogP) is 3.03. The molecule has 0 saturated heterocycles. The molecule has 0 amide bonds. The summed E-state index contributed by atoms with van der Waals surface area (Å²) >= 11 is 0. The highest BCUT2D eigenvalue weighted by molar-refractivity contribution is 6.04. The van der Waals surface area contributed by atoms with Crippen molar-refractivity contribution >= 4 is 11.8 Å². The number of ketones is 1. The number of phenolic OH excluding ortho intramolecular Hbond substituents is 1. The lowest BCUT2D eigenvalue weighted by Gasteiger charge is -2.27. The van der Waals surface area contributed by atoms with E-state index in [0.717, 1.165) is 5.56 Å². The molecular weight excluding hydrogens is 312 g/mol. The number of fused-ring (bicyclic) bond motifs is 1. The van der Waals surface area contributed by atoms with Crippen LogP contribution >= 0.6 is 0 Å². The van der Waals surface area contributed by atoms with Crippen LogP contribution in [0.25, 0.3) is 0 Å². The molecule has 0 radical (unpaired) electrons. The fraction of sp³-hybridized carbons (Fsp3) is 0.222. The minimum absolute atomic E-state index is 0.0804. The van der Waals surface area contributed by atoms with Gasteiger partial charge in [-0.2, -0.15) is 0 Å². The second kappa shape index (κ2) is 6.23. The predicted molar refractivity (Wildman–Crippen MR) is 84.7 cm³/mol. The van der Waals surface area contributed by atoms with Gasteiger partial charge < -0.3 is 19.3 Å². The van der Waals surface area contributed by atoms with E-state index in [1.807, 2.05) is 12.1 Å². The molecule has 6 nitrogen and oxygen atoms in total. The maximum atomic E-state index is 12.5. The zero-order valence-electron chi connectivity index (χ0n) is 13.2. The molecule has 24 heavy (non-hydrogen) atoms. The fourth-order valence-corrected chi connectivity index (χ4v) is 2.63. The maximum Gasteiger partial charge on any atom is 0.308 e. The molecule has 0 aliphatic carbocycles. The number of hydrogen-bond donors (Lipinski definition) is 1. The van der Waals surface area contributed by atoms with Crippen molar-refractivity contribution in [3.63, 3.8) is 0 Å². The van der Waals surface area contributed by atoms with Crippen LogP contribution in [0.2, 0.25) is 0 Å². The summed E-state index contributed by atoms with van der Waals surface area (Å²) < 4.78 is 16.0. The molecule has 1 heterocycles. The molecule has 1 aliphatic rings. The van der Waals surface area contributed by atoms with Gasteiger partial charge in [-0.15, -0.1) is 0 Å². The molecule has 1 unspecified atom stereocenters. The van der Waals surface area contributed by atoms with Crippen molar-refractivity contribution in [2.24, 2.45) is 0 Å². The van der Waals surface area contributed by atoms with E-state index in [4.69, 9.17) is 14.2 Å². The van der Waals surface area contributed by atoms with Crippen molar-refractivity contribution < 1.29 is 28.9 Å². The van der Waals surface area contributed by atoms with Crippen LogP contribution in [0, 0.1) is 0 Å². The third-order valence-corrected chi connectivity index (χ3v) is 3.75. The van der Waals surface area contributed by atoms with E-state index in [1.54, 1.807) is 19.2 Å². The molecule has 0 bridgehead atoms. The highest BCUT2D eigenvalue weighted by Crippen LogP contribution is 2.43. The van der Waals surface area contributed by atoms with Gasteiger partial charge in [-0.05, 0) is 29.8 Å². The van der Waals surface area contributed by atoms with E-state index in [0.29, 0.717) is 5.75 Å². The molecule has 3 rings (SSSR count). The van der Waals surface area contributed by atoms with Crippen molar-refractivity contribution in [2.75, 3.05) is 7.11 Å². The van der Waals surface area contributed by atoms with Crippen LogP contribution in [-0.4, -0.2) is 24.0 Å². The number of rotatable bonds is 3. The highest BCUT2D eigenvalue weighted by Gasteiger charge is 2.32. The van der Waals surface area contributed by atoms with Crippen molar-refractivity contribution in [3.05, 3.63) is 47.5 Å². The summed E-state index contributed by atoms with van der Waals surface area (Å²) in [5.74, 6) is -0.320. The molecule has 0 aromatic heterocycles. The number of methoxy groups -OCH3 is 1. The molecule has 1 N–H and O–H groups in total. The van der Waals surface area contributed by atoms with Gasteiger partial charge in [0.15, 0.2) is 17.3 Å². The van der Waals surface area contributed by atoms with Crippen LogP contribution in [0.15, 0.2) is 36.4 Å². The third-order valence-electron chi connectivity index (χ3n) is 3.75. The zero-order chi connectivity index (χ0) is 17.3. The number of aromatic hydroxyl groups is 1. The molecule has 0 fully saturated rings. The number of esters is 1.